The van der Waals surface area contributed by atoms with Gasteiger partial charge in [-0.2, -0.15) is 0 Å². The molecule has 0 atom stereocenters. The summed E-state index contributed by atoms with van der Waals surface area (Å²) in [5.74, 6) is 1.84. The number of imidazole rings is 1. The highest BCUT2D eigenvalue weighted by Crippen LogP contribution is 2.31. The third kappa shape index (κ3) is 3.62. The van der Waals surface area contributed by atoms with Crippen molar-refractivity contribution in [2.75, 3.05) is 27.3 Å². The van der Waals surface area contributed by atoms with E-state index in [4.69, 9.17) is 15.2 Å². The van der Waals surface area contributed by atoms with Gasteiger partial charge in [0.1, 0.15) is 17.3 Å². The van der Waals surface area contributed by atoms with Gasteiger partial charge in [-0.3, -0.25) is 4.79 Å². The van der Waals surface area contributed by atoms with Gasteiger partial charge in [0.05, 0.1) is 30.8 Å². The highest BCUT2D eigenvalue weighted by molar-refractivity contribution is 5.95. The minimum atomic E-state index is -0.155. The number of nitrogens with two attached hydrogens (primary N) is 1. The molecule has 0 unspecified atom stereocenters. The maximum Gasteiger partial charge on any atom is 0.251 e. The zero-order valence-electron chi connectivity index (χ0n) is 14.8. The van der Waals surface area contributed by atoms with Crippen molar-refractivity contribution in [1.29, 1.82) is 0 Å². The normalized spacial score (nSPS) is 10.7. The number of carbonyl (C=O) groups is 1. The molecule has 0 aliphatic rings. The predicted molar refractivity (Wildman–Crippen MR) is 101 cm³/mol. The molecule has 26 heavy (non-hydrogen) atoms. The lowest BCUT2D eigenvalue weighted by Gasteiger charge is -2.09. The first kappa shape index (κ1) is 17.8. The van der Waals surface area contributed by atoms with Crippen LogP contribution in [0.15, 0.2) is 36.4 Å². The second-order valence-corrected chi connectivity index (χ2v) is 5.78. The molecule has 136 valence electrons. The fourth-order valence-corrected chi connectivity index (χ4v) is 2.68. The van der Waals surface area contributed by atoms with E-state index in [1.165, 1.54) is 0 Å². The van der Waals surface area contributed by atoms with Crippen LogP contribution in [-0.4, -0.2) is 43.2 Å². The Morgan fingerprint density at radius 2 is 2.04 bits per heavy atom. The summed E-state index contributed by atoms with van der Waals surface area (Å²) in [6, 6.07) is 10.9. The Morgan fingerprint density at radius 3 is 2.77 bits per heavy atom. The summed E-state index contributed by atoms with van der Waals surface area (Å²) in [6.45, 7) is 1.09. The number of methoxy groups -OCH3 is 2. The van der Waals surface area contributed by atoms with Crippen molar-refractivity contribution < 1.29 is 14.3 Å². The number of benzene rings is 2. The molecule has 0 fully saturated rings. The minimum Gasteiger partial charge on any atom is -0.497 e. The lowest BCUT2D eigenvalue weighted by atomic mass is 10.1. The molecule has 7 heteroatoms. The number of nitrogens with zero attached hydrogens (tertiary/aromatic N) is 1. The number of aromatic nitrogens is 2. The van der Waals surface area contributed by atoms with Gasteiger partial charge in [0, 0.05) is 18.2 Å². The number of aromatic amines is 1. The molecule has 3 rings (SSSR count). The fraction of sp³-hybridized carbons (Fsp3) is 0.263. The van der Waals surface area contributed by atoms with E-state index in [0.29, 0.717) is 30.2 Å². The largest absolute Gasteiger partial charge is 0.497 e. The van der Waals surface area contributed by atoms with Crippen molar-refractivity contribution in [3.8, 4) is 22.9 Å². The maximum absolute atomic E-state index is 12.2. The average Bonchev–Trinajstić information content (AvgIpc) is 3.10. The molecule has 0 spiro atoms. The second kappa shape index (κ2) is 7.88. The summed E-state index contributed by atoms with van der Waals surface area (Å²) in [7, 11) is 3.19. The first-order valence-electron chi connectivity index (χ1n) is 8.36. The number of hydrogen-bond acceptors (Lipinski definition) is 5. The molecule has 0 saturated carbocycles. The lowest BCUT2D eigenvalue weighted by Crippen LogP contribution is -2.25. The van der Waals surface area contributed by atoms with Gasteiger partial charge in [0.15, 0.2) is 0 Å². The van der Waals surface area contributed by atoms with E-state index in [1.807, 2.05) is 24.3 Å². The van der Waals surface area contributed by atoms with Crippen LogP contribution in [0.25, 0.3) is 22.4 Å². The van der Waals surface area contributed by atoms with Crippen molar-refractivity contribution in [3.05, 3.63) is 42.0 Å². The number of rotatable bonds is 7. The number of fused-ring (bicyclic) bond motifs is 1. The second-order valence-electron chi connectivity index (χ2n) is 5.78. The molecular weight excluding hydrogens is 332 g/mol. The van der Waals surface area contributed by atoms with E-state index < -0.39 is 0 Å². The van der Waals surface area contributed by atoms with E-state index in [2.05, 4.69) is 15.3 Å². The summed E-state index contributed by atoms with van der Waals surface area (Å²) >= 11 is 0. The molecule has 4 N–H and O–H groups in total. The molecule has 1 heterocycles. The molecule has 1 amide bonds. The minimum absolute atomic E-state index is 0.155. The number of nitrogens with one attached hydrogen (secondary N) is 2. The van der Waals surface area contributed by atoms with Crippen LogP contribution < -0.4 is 20.5 Å². The van der Waals surface area contributed by atoms with Crippen molar-refractivity contribution in [2.45, 2.75) is 6.42 Å². The number of hydrogen-bond donors (Lipinski definition) is 3. The predicted octanol–water partition coefficient (Wildman–Crippen LogP) is 2.33. The molecule has 0 saturated heterocycles. The smallest absolute Gasteiger partial charge is 0.251 e. The Bertz CT molecular complexity index is 920. The maximum atomic E-state index is 12.2. The van der Waals surface area contributed by atoms with Crippen LogP contribution in [0.2, 0.25) is 0 Å². The molecule has 7 nitrogen and oxygen atoms in total. The zero-order chi connectivity index (χ0) is 18.5. The highest BCUT2D eigenvalue weighted by Gasteiger charge is 2.14. The van der Waals surface area contributed by atoms with Gasteiger partial charge in [-0.1, -0.05) is 0 Å². The van der Waals surface area contributed by atoms with Gasteiger partial charge < -0.3 is 25.5 Å². The van der Waals surface area contributed by atoms with Crippen LogP contribution in [-0.2, 0) is 0 Å². The van der Waals surface area contributed by atoms with Gasteiger partial charge in [-0.25, -0.2) is 4.98 Å². The highest BCUT2D eigenvalue weighted by atomic mass is 16.5. The summed E-state index contributed by atoms with van der Waals surface area (Å²) in [5, 5.41) is 2.83. The Kier molecular flexibility index (Phi) is 5.38. The average molecular weight is 354 g/mol. The quantitative estimate of drug-likeness (QED) is 0.565. The number of ether oxygens (including phenoxy) is 2. The monoisotopic (exact) mass is 354 g/mol. The van der Waals surface area contributed by atoms with Crippen LogP contribution in [0.3, 0.4) is 0 Å². The molecule has 2 aromatic carbocycles. The standard InChI is InChI=1S/C19H22N4O3/c1-25-13-5-7-15-16(11-13)23-18(22-15)14-6-4-12(10-17(14)26-2)19(24)21-9-3-8-20/h4-7,10-11H,3,8-9,20H2,1-2H3,(H,21,24)(H,22,23). The van der Waals surface area contributed by atoms with Crippen LogP contribution in [0.4, 0.5) is 0 Å². The SMILES string of the molecule is COc1ccc2nc(-c3ccc(C(=O)NCCCN)cc3OC)[nH]c2c1. The molecular formula is C19H22N4O3. The van der Waals surface area contributed by atoms with Crippen molar-refractivity contribution in [3.63, 3.8) is 0 Å². The van der Waals surface area contributed by atoms with Crippen LogP contribution >= 0.6 is 0 Å². The summed E-state index contributed by atoms with van der Waals surface area (Å²) in [6.07, 6.45) is 0.739. The van der Waals surface area contributed by atoms with Crippen molar-refractivity contribution in [1.82, 2.24) is 15.3 Å². The third-order valence-corrected chi connectivity index (χ3v) is 4.07. The van der Waals surface area contributed by atoms with Crippen molar-refractivity contribution in [2.24, 2.45) is 5.73 Å². The van der Waals surface area contributed by atoms with Gasteiger partial charge in [0.2, 0.25) is 0 Å². The summed E-state index contributed by atoms with van der Waals surface area (Å²) < 4.78 is 10.7. The lowest BCUT2D eigenvalue weighted by molar-refractivity contribution is 0.0953. The topological polar surface area (TPSA) is 102 Å². The Balaban J connectivity index is 1.91. The van der Waals surface area contributed by atoms with Gasteiger partial charge >= 0.3 is 0 Å². The Morgan fingerprint density at radius 1 is 1.19 bits per heavy atom. The van der Waals surface area contributed by atoms with E-state index in [0.717, 1.165) is 28.8 Å². The molecule has 3 aromatic rings. The van der Waals surface area contributed by atoms with Gasteiger partial charge in [-0.15, -0.1) is 0 Å². The Hall–Kier alpha value is -3.06. The van der Waals surface area contributed by atoms with Crippen LogP contribution in [0.1, 0.15) is 16.8 Å². The molecule has 1 aromatic heterocycles. The number of carbonyl (C=O) groups excluding carboxylic acids is 1. The van der Waals surface area contributed by atoms with E-state index in [9.17, 15) is 4.79 Å². The van der Waals surface area contributed by atoms with E-state index in [1.54, 1.807) is 26.4 Å². The number of amides is 1. The first-order chi connectivity index (χ1) is 12.7. The molecule has 0 radical (unpaired) electrons. The molecule has 0 bridgehead atoms. The molecule has 0 aliphatic carbocycles. The van der Waals surface area contributed by atoms with E-state index in [-0.39, 0.29) is 5.91 Å². The molecule has 0 aliphatic heterocycles. The third-order valence-electron chi connectivity index (χ3n) is 4.07. The number of H-pyrrole nitrogens is 1. The first-order valence-corrected chi connectivity index (χ1v) is 8.36. The van der Waals surface area contributed by atoms with Gasteiger partial charge in [-0.05, 0) is 43.3 Å². The van der Waals surface area contributed by atoms with Crippen LogP contribution in [0.5, 0.6) is 11.5 Å². The fourth-order valence-electron chi connectivity index (χ4n) is 2.68. The summed E-state index contributed by atoms with van der Waals surface area (Å²) in [4.78, 5) is 20.1. The van der Waals surface area contributed by atoms with Crippen molar-refractivity contribution >= 4 is 16.9 Å². The van der Waals surface area contributed by atoms with Crippen LogP contribution in [0, 0.1) is 0 Å². The van der Waals surface area contributed by atoms with Gasteiger partial charge in [0.25, 0.3) is 5.91 Å². The Labute approximate surface area is 151 Å². The zero-order valence-corrected chi connectivity index (χ0v) is 14.8. The van der Waals surface area contributed by atoms with E-state index >= 15 is 0 Å². The summed E-state index contributed by atoms with van der Waals surface area (Å²) in [5.41, 5.74) is 8.44.